The molecule has 2 aromatic carbocycles. The summed E-state index contributed by atoms with van der Waals surface area (Å²) in [7, 11) is -1.86. The summed E-state index contributed by atoms with van der Waals surface area (Å²) in [6.07, 6.45) is 1.15. The van der Waals surface area contributed by atoms with E-state index in [0.717, 1.165) is 38.2 Å². The molecule has 8 heteroatoms. The molecule has 0 aliphatic carbocycles. The lowest BCUT2D eigenvalue weighted by molar-refractivity contribution is 0.102. The van der Waals surface area contributed by atoms with Gasteiger partial charge in [-0.3, -0.25) is 9.10 Å². The molecule has 1 aliphatic rings. The Kier molecular flexibility index (Phi) is 5.90. The van der Waals surface area contributed by atoms with E-state index in [4.69, 9.17) is 4.74 Å². The summed E-state index contributed by atoms with van der Waals surface area (Å²) in [6.45, 7) is 4.95. The highest BCUT2D eigenvalue weighted by Crippen LogP contribution is 2.23. The molecule has 1 N–H and O–H groups in total. The van der Waals surface area contributed by atoms with Gasteiger partial charge in [-0.2, -0.15) is 0 Å². The first-order valence-corrected chi connectivity index (χ1v) is 10.9. The van der Waals surface area contributed by atoms with Crippen molar-refractivity contribution in [2.24, 2.45) is 0 Å². The minimum atomic E-state index is -3.35. The van der Waals surface area contributed by atoms with E-state index < -0.39 is 10.0 Å². The van der Waals surface area contributed by atoms with Crippen LogP contribution >= 0.6 is 0 Å². The standard InChI is InChI=1S/C20H25N3O4S/c1-15-14-16(4-9-19(15)22(2)28(3,25)26)20(24)21-17-5-7-18(8-6-17)23-10-12-27-13-11-23/h4-9,14H,10-13H2,1-3H3,(H,21,24). The van der Waals surface area contributed by atoms with E-state index in [2.05, 4.69) is 10.2 Å². The molecule has 150 valence electrons. The van der Waals surface area contributed by atoms with Crippen LogP contribution in [0.5, 0.6) is 0 Å². The van der Waals surface area contributed by atoms with Crippen molar-refractivity contribution >= 4 is 33.0 Å². The molecule has 0 spiro atoms. The number of carbonyl (C=O) groups is 1. The number of nitrogens with one attached hydrogen (secondary N) is 1. The monoisotopic (exact) mass is 403 g/mol. The third-order valence-corrected chi connectivity index (χ3v) is 5.99. The van der Waals surface area contributed by atoms with Crippen molar-refractivity contribution in [2.75, 3.05) is 54.1 Å². The quantitative estimate of drug-likeness (QED) is 0.830. The molecule has 0 bridgehead atoms. The first kappa shape index (κ1) is 20.2. The van der Waals surface area contributed by atoms with Crippen LogP contribution in [-0.4, -0.2) is 53.9 Å². The second-order valence-corrected chi connectivity index (χ2v) is 8.85. The molecule has 0 saturated carbocycles. The second-order valence-electron chi connectivity index (χ2n) is 6.83. The van der Waals surface area contributed by atoms with Crippen LogP contribution in [0.4, 0.5) is 17.1 Å². The van der Waals surface area contributed by atoms with Gasteiger partial charge in [0.2, 0.25) is 10.0 Å². The summed E-state index contributed by atoms with van der Waals surface area (Å²) >= 11 is 0. The third-order valence-electron chi connectivity index (χ3n) is 4.80. The van der Waals surface area contributed by atoms with Crippen LogP contribution in [-0.2, 0) is 14.8 Å². The van der Waals surface area contributed by atoms with E-state index in [1.165, 1.54) is 11.4 Å². The molecule has 1 heterocycles. The molecule has 0 atom stereocenters. The Balaban J connectivity index is 1.70. The number of rotatable bonds is 5. The number of amides is 1. The zero-order valence-electron chi connectivity index (χ0n) is 16.3. The summed E-state index contributed by atoms with van der Waals surface area (Å²) in [5.41, 5.74) is 3.54. The number of aryl methyl sites for hydroxylation is 1. The molecule has 7 nitrogen and oxygen atoms in total. The SMILES string of the molecule is Cc1cc(C(=O)Nc2ccc(N3CCOCC3)cc2)ccc1N(C)S(C)(=O)=O. The predicted octanol–water partition coefficient (Wildman–Crippen LogP) is 2.48. The van der Waals surface area contributed by atoms with Crippen LogP contribution < -0.4 is 14.5 Å². The molecular weight excluding hydrogens is 378 g/mol. The van der Waals surface area contributed by atoms with Gasteiger partial charge in [0.15, 0.2) is 0 Å². The maximum absolute atomic E-state index is 12.6. The minimum absolute atomic E-state index is 0.240. The maximum atomic E-state index is 12.6. The average molecular weight is 404 g/mol. The number of nitrogens with zero attached hydrogens (tertiary/aromatic N) is 2. The summed E-state index contributed by atoms with van der Waals surface area (Å²) < 4.78 is 30.0. The van der Waals surface area contributed by atoms with Crippen LogP contribution in [0.25, 0.3) is 0 Å². The van der Waals surface area contributed by atoms with Crippen molar-refractivity contribution in [3.63, 3.8) is 0 Å². The number of hydrogen-bond acceptors (Lipinski definition) is 5. The van der Waals surface area contributed by atoms with Crippen LogP contribution in [0.1, 0.15) is 15.9 Å². The highest BCUT2D eigenvalue weighted by molar-refractivity contribution is 7.92. The Morgan fingerprint density at radius 3 is 2.32 bits per heavy atom. The number of morpholine rings is 1. The van der Waals surface area contributed by atoms with E-state index in [0.29, 0.717) is 22.5 Å². The summed E-state index contributed by atoms with van der Waals surface area (Å²) in [5.74, 6) is -0.240. The van der Waals surface area contributed by atoms with Crippen molar-refractivity contribution in [2.45, 2.75) is 6.92 Å². The van der Waals surface area contributed by atoms with Crippen LogP contribution in [0.15, 0.2) is 42.5 Å². The average Bonchev–Trinajstić information content (AvgIpc) is 2.68. The number of benzene rings is 2. The lowest BCUT2D eigenvalue weighted by Gasteiger charge is -2.28. The van der Waals surface area contributed by atoms with E-state index in [1.807, 2.05) is 24.3 Å². The molecule has 2 aromatic rings. The number of carbonyl (C=O) groups excluding carboxylic acids is 1. The Labute approximate surface area is 166 Å². The topological polar surface area (TPSA) is 79.0 Å². The van der Waals surface area contributed by atoms with Gasteiger partial charge in [0.25, 0.3) is 5.91 Å². The molecule has 28 heavy (non-hydrogen) atoms. The smallest absolute Gasteiger partial charge is 0.255 e. The van der Waals surface area contributed by atoms with Gasteiger partial charge in [-0.25, -0.2) is 8.42 Å². The van der Waals surface area contributed by atoms with Gasteiger partial charge >= 0.3 is 0 Å². The fourth-order valence-corrected chi connectivity index (χ4v) is 3.67. The Bertz CT molecular complexity index is 952. The van der Waals surface area contributed by atoms with Crippen molar-refractivity contribution in [1.82, 2.24) is 0 Å². The van der Waals surface area contributed by atoms with Crippen molar-refractivity contribution < 1.29 is 17.9 Å². The predicted molar refractivity (Wildman–Crippen MR) is 112 cm³/mol. The minimum Gasteiger partial charge on any atom is -0.378 e. The highest BCUT2D eigenvalue weighted by Gasteiger charge is 2.16. The van der Waals surface area contributed by atoms with Gasteiger partial charge in [0.05, 0.1) is 25.2 Å². The van der Waals surface area contributed by atoms with Crippen molar-refractivity contribution in [3.8, 4) is 0 Å². The van der Waals surface area contributed by atoms with Gasteiger partial charge in [-0.15, -0.1) is 0 Å². The molecular formula is C20H25N3O4S. The van der Waals surface area contributed by atoms with Crippen molar-refractivity contribution in [3.05, 3.63) is 53.6 Å². The number of sulfonamides is 1. The van der Waals surface area contributed by atoms with E-state index in [1.54, 1.807) is 25.1 Å². The zero-order chi connectivity index (χ0) is 20.3. The highest BCUT2D eigenvalue weighted by atomic mass is 32.2. The molecule has 1 amide bonds. The van der Waals surface area contributed by atoms with E-state index >= 15 is 0 Å². The zero-order valence-corrected chi connectivity index (χ0v) is 17.1. The molecule has 1 saturated heterocycles. The van der Waals surface area contributed by atoms with E-state index in [-0.39, 0.29) is 5.91 Å². The molecule has 0 radical (unpaired) electrons. The molecule has 3 rings (SSSR count). The Morgan fingerprint density at radius 1 is 1.11 bits per heavy atom. The maximum Gasteiger partial charge on any atom is 0.255 e. The van der Waals surface area contributed by atoms with Gasteiger partial charge < -0.3 is 15.0 Å². The van der Waals surface area contributed by atoms with Gasteiger partial charge in [-0.1, -0.05) is 0 Å². The number of ether oxygens (including phenoxy) is 1. The second kappa shape index (κ2) is 8.20. The van der Waals surface area contributed by atoms with Gasteiger partial charge in [-0.05, 0) is 55.0 Å². The largest absolute Gasteiger partial charge is 0.378 e. The third kappa shape index (κ3) is 4.63. The first-order valence-electron chi connectivity index (χ1n) is 9.04. The van der Waals surface area contributed by atoms with Gasteiger partial charge in [0.1, 0.15) is 0 Å². The molecule has 0 unspecified atom stereocenters. The summed E-state index contributed by atoms with van der Waals surface area (Å²) in [6, 6.07) is 12.7. The van der Waals surface area contributed by atoms with Crippen LogP contribution in [0, 0.1) is 6.92 Å². The Hall–Kier alpha value is -2.58. The first-order chi connectivity index (χ1) is 13.3. The lowest BCUT2D eigenvalue weighted by Crippen LogP contribution is -2.36. The summed E-state index contributed by atoms with van der Waals surface area (Å²) in [5, 5.41) is 2.88. The lowest BCUT2D eigenvalue weighted by atomic mass is 10.1. The number of hydrogen-bond donors (Lipinski definition) is 1. The molecule has 0 aromatic heterocycles. The Morgan fingerprint density at radius 2 is 1.75 bits per heavy atom. The molecule has 1 fully saturated rings. The number of anilines is 3. The normalized spacial score (nSPS) is 14.6. The fourth-order valence-electron chi connectivity index (χ4n) is 3.11. The van der Waals surface area contributed by atoms with Crippen molar-refractivity contribution in [1.29, 1.82) is 0 Å². The van der Waals surface area contributed by atoms with E-state index in [9.17, 15) is 13.2 Å². The molecule has 1 aliphatic heterocycles. The van der Waals surface area contributed by atoms with Crippen LogP contribution in [0.2, 0.25) is 0 Å². The summed E-state index contributed by atoms with van der Waals surface area (Å²) in [4.78, 5) is 14.8. The van der Waals surface area contributed by atoms with Crippen LogP contribution in [0.3, 0.4) is 0 Å². The van der Waals surface area contributed by atoms with Gasteiger partial charge in [0, 0.05) is 37.1 Å². The fraction of sp³-hybridized carbons (Fsp3) is 0.350.